The number of aromatic hydroxyl groups is 1. The average Bonchev–Trinajstić information content (AvgIpc) is 3.39. The van der Waals surface area contributed by atoms with Crippen LogP contribution in [0.15, 0.2) is 79.0 Å². The molecule has 0 aliphatic rings. The highest BCUT2D eigenvalue weighted by Gasteiger charge is 2.27. The number of benzene rings is 3. The first kappa shape index (κ1) is 25.3. The fraction of sp³-hybridized carbons (Fsp3) is 0.258. The van der Waals surface area contributed by atoms with E-state index in [0.717, 1.165) is 40.0 Å². The van der Waals surface area contributed by atoms with E-state index in [2.05, 4.69) is 29.1 Å². The Morgan fingerprint density at radius 3 is 2.58 bits per heavy atom. The zero-order chi connectivity index (χ0) is 26.6. The topological polar surface area (TPSA) is 100 Å². The molecule has 7 nitrogen and oxygen atoms in total. The Kier molecular flexibility index (Phi) is 7.26. The lowest BCUT2D eigenvalue weighted by molar-refractivity contribution is -0.122. The molecule has 3 atom stereocenters. The number of fused-ring (bicyclic) bond motifs is 2. The highest BCUT2D eigenvalue weighted by molar-refractivity contribution is 5.86. The monoisotopic (exact) mass is 508 g/mol. The number of methoxy groups -OCH3 is 1. The SMILES string of the molecule is CC[C@H](C)[C@H](NC(=O)CC(c1ccc(OC)cc1)c1ccc2cccnc2c1O)c1nc2ccccc2[nH]1. The number of nitrogens with zero attached hydrogens (tertiary/aromatic N) is 2. The number of imidazole rings is 1. The highest BCUT2D eigenvalue weighted by atomic mass is 16.5. The van der Waals surface area contributed by atoms with Crippen LogP contribution in [0.2, 0.25) is 0 Å². The molecule has 3 aromatic carbocycles. The van der Waals surface area contributed by atoms with Gasteiger partial charge in [-0.05, 0) is 41.8 Å². The molecule has 2 aromatic heterocycles. The molecule has 3 N–H and O–H groups in total. The number of phenols is 1. The van der Waals surface area contributed by atoms with Crippen molar-refractivity contribution >= 4 is 27.8 Å². The van der Waals surface area contributed by atoms with E-state index in [1.807, 2.05) is 72.8 Å². The van der Waals surface area contributed by atoms with Gasteiger partial charge in [-0.25, -0.2) is 4.98 Å². The maximum atomic E-state index is 13.6. The minimum absolute atomic E-state index is 0.0903. The van der Waals surface area contributed by atoms with Crippen molar-refractivity contribution in [3.63, 3.8) is 0 Å². The van der Waals surface area contributed by atoms with Crippen LogP contribution in [0.3, 0.4) is 0 Å². The summed E-state index contributed by atoms with van der Waals surface area (Å²) in [5.41, 5.74) is 3.88. The predicted molar refractivity (Wildman–Crippen MR) is 149 cm³/mol. The lowest BCUT2D eigenvalue weighted by Crippen LogP contribution is -2.34. The Morgan fingerprint density at radius 1 is 1.05 bits per heavy atom. The lowest BCUT2D eigenvalue weighted by atomic mass is 9.86. The van der Waals surface area contributed by atoms with E-state index in [-0.39, 0.29) is 36.0 Å². The number of carbonyl (C=O) groups excluding carboxylic acids is 1. The fourth-order valence-electron chi connectivity index (χ4n) is 4.92. The van der Waals surface area contributed by atoms with Crippen molar-refractivity contribution in [2.45, 2.75) is 38.6 Å². The largest absolute Gasteiger partial charge is 0.505 e. The Hall–Kier alpha value is -4.39. The molecule has 0 aliphatic heterocycles. The molecule has 5 rings (SSSR count). The summed E-state index contributed by atoms with van der Waals surface area (Å²) in [6.07, 6.45) is 2.68. The second-order valence-electron chi connectivity index (χ2n) is 9.68. The second-order valence-corrected chi connectivity index (χ2v) is 9.68. The predicted octanol–water partition coefficient (Wildman–Crippen LogP) is 6.25. The smallest absolute Gasteiger partial charge is 0.221 e. The summed E-state index contributed by atoms with van der Waals surface area (Å²) in [6.45, 7) is 4.21. The highest BCUT2D eigenvalue weighted by Crippen LogP contribution is 2.38. The van der Waals surface area contributed by atoms with Crippen LogP contribution in [0.25, 0.3) is 21.9 Å². The normalized spacial score (nSPS) is 13.8. The summed E-state index contributed by atoms with van der Waals surface area (Å²) < 4.78 is 5.33. The molecule has 1 unspecified atom stereocenters. The second kappa shape index (κ2) is 10.9. The fourth-order valence-corrected chi connectivity index (χ4v) is 4.92. The van der Waals surface area contributed by atoms with E-state index < -0.39 is 0 Å². The molecule has 0 saturated heterocycles. The number of hydrogen-bond acceptors (Lipinski definition) is 5. The molecular weight excluding hydrogens is 476 g/mol. The van der Waals surface area contributed by atoms with Crippen molar-refractivity contribution in [2.75, 3.05) is 7.11 Å². The number of aromatic nitrogens is 3. The van der Waals surface area contributed by atoms with Crippen molar-refractivity contribution in [3.8, 4) is 11.5 Å². The third kappa shape index (κ3) is 5.05. The molecule has 0 spiro atoms. The average molecular weight is 509 g/mol. The zero-order valence-electron chi connectivity index (χ0n) is 21.8. The number of nitrogens with one attached hydrogen (secondary N) is 2. The van der Waals surface area contributed by atoms with Crippen molar-refractivity contribution < 1.29 is 14.6 Å². The van der Waals surface area contributed by atoms with Crippen LogP contribution in [0.1, 0.15) is 55.6 Å². The van der Waals surface area contributed by atoms with Gasteiger partial charge in [0.05, 0.1) is 24.2 Å². The van der Waals surface area contributed by atoms with Gasteiger partial charge >= 0.3 is 0 Å². The first-order valence-electron chi connectivity index (χ1n) is 12.9. The van der Waals surface area contributed by atoms with Gasteiger partial charge < -0.3 is 20.1 Å². The maximum absolute atomic E-state index is 13.6. The Morgan fingerprint density at radius 2 is 1.84 bits per heavy atom. The molecule has 0 bridgehead atoms. The molecule has 7 heteroatoms. The first-order chi connectivity index (χ1) is 18.5. The van der Waals surface area contributed by atoms with Gasteiger partial charge in [0.25, 0.3) is 0 Å². The van der Waals surface area contributed by atoms with Crippen LogP contribution < -0.4 is 10.1 Å². The third-order valence-corrected chi connectivity index (χ3v) is 7.29. The number of carbonyl (C=O) groups is 1. The molecule has 5 aromatic rings. The molecular formula is C31H32N4O3. The van der Waals surface area contributed by atoms with Crippen LogP contribution in [-0.2, 0) is 4.79 Å². The maximum Gasteiger partial charge on any atom is 0.221 e. The van der Waals surface area contributed by atoms with E-state index in [0.29, 0.717) is 11.1 Å². The van der Waals surface area contributed by atoms with E-state index in [1.54, 1.807) is 13.3 Å². The number of amides is 1. The van der Waals surface area contributed by atoms with Crippen molar-refractivity contribution in [1.82, 2.24) is 20.3 Å². The van der Waals surface area contributed by atoms with E-state index in [4.69, 9.17) is 9.72 Å². The molecule has 194 valence electrons. The number of aromatic amines is 1. The summed E-state index contributed by atoms with van der Waals surface area (Å²) in [4.78, 5) is 26.2. The Labute approximate surface area is 221 Å². The minimum atomic E-state index is -0.388. The van der Waals surface area contributed by atoms with E-state index >= 15 is 0 Å². The number of para-hydroxylation sites is 2. The van der Waals surface area contributed by atoms with Gasteiger partial charge in [-0.15, -0.1) is 0 Å². The van der Waals surface area contributed by atoms with Gasteiger partial charge in [-0.2, -0.15) is 0 Å². The van der Waals surface area contributed by atoms with Gasteiger partial charge in [0.15, 0.2) is 0 Å². The van der Waals surface area contributed by atoms with Crippen LogP contribution in [-0.4, -0.2) is 33.1 Å². The summed E-state index contributed by atoms with van der Waals surface area (Å²) >= 11 is 0. The summed E-state index contributed by atoms with van der Waals surface area (Å²) in [6, 6.07) is 22.7. The Balaban J connectivity index is 1.49. The molecule has 0 aliphatic carbocycles. The molecule has 1 amide bonds. The van der Waals surface area contributed by atoms with Gasteiger partial charge in [-0.3, -0.25) is 9.78 Å². The standard InChI is InChI=1S/C31H32N4O3/c1-4-19(2)28(31-33-25-9-5-6-10-26(25)34-31)35-27(36)18-24(20-11-14-22(38-3)15-12-20)23-16-13-21-8-7-17-32-29(21)30(23)37/h5-17,19,24,28,37H,4,18H2,1-3H3,(H,33,34)(H,35,36)/t19-,24?,28-/m0/s1. The third-order valence-electron chi connectivity index (χ3n) is 7.29. The van der Waals surface area contributed by atoms with Crippen LogP contribution in [0.5, 0.6) is 11.5 Å². The lowest BCUT2D eigenvalue weighted by Gasteiger charge is -2.25. The number of phenolic OH excluding ortho intramolecular Hbond substituents is 1. The molecule has 0 saturated carbocycles. The van der Waals surface area contributed by atoms with Crippen LogP contribution >= 0.6 is 0 Å². The molecule has 0 radical (unpaired) electrons. The van der Waals surface area contributed by atoms with Gasteiger partial charge in [-0.1, -0.05) is 62.7 Å². The first-order valence-corrected chi connectivity index (χ1v) is 12.9. The van der Waals surface area contributed by atoms with E-state index in [9.17, 15) is 9.90 Å². The Bertz CT molecular complexity index is 1530. The minimum Gasteiger partial charge on any atom is -0.505 e. The number of rotatable bonds is 9. The molecule has 0 fully saturated rings. The molecule has 38 heavy (non-hydrogen) atoms. The van der Waals surface area contributed by atoms with E-state index in [1.165, 1.54) is 0 Å². The van der Waals surface area contributed by atoms with Gasteiger partial charge in [0, 0.05) is 29.5 Å². The number of H-pyrrole nitrogens is 1. The summed E-state index contributed by atoms with van der Waals surface area (Å²) in [7, 11) is 1.62. The summed E-state index contributed by atoms with van der Waals surface area (Å²) in [5, 5.41) is 15.3. The number of ether oxygens (including phenoxy) is 1. The number of pyridine rings is 1. The zero-order valence-corrected chi connectivity index (χ0v) is 21.8. The van der Waals surface area contributed by atoms with Crippen molar-refractivity contribution in [2.24, 2.45) is 5.92 Å². The van der Waals surface area contributed by atoms with Gasteiger partial charge in [0.1, 0.15) is 22.8 Å². The quantitative estimate of drug-likeness (QED) is 0.218. The van der Waals surface area contributed by atoms with Crippen molar-refractivity contribution in [1.29, 1.82) is 0 Å². The van der Waals surface area contributed by atoms with Crippen LogP contribution in [0, 0.1) is 5.92 Å². The van der Waals surface area contributed by atoms with Crippen LogP contribution in [0.4, 0.5) is 0 Å². The molecule has 2 heterocycles. The number of hydrogen-bond donors (Lipinski definition) is 3. The van der Waals surface area contributed by atoms with Gasteiger partial charge in [0.2, 0.25) is 5.91 Å². The summed E-state index contributed by atoms with van der Waals surface area (Å²) in [5.74, 6) is 1.21. The van der Waals surface area contributed by atoms with Crippen molar-refractivity contribution in [3.05, 3.63) is 95.9 Å².